The first kappa shape index (κ1) is 23.6. The van der Waals surface area contributed by atoms with Gasteiger partial charge >= 0.3 is 12.0 Å². The van der Waals surface area contributed by atoms with Crippen molar-refractivity contribution in [3.05, 3.63) is 82.3 Å². The van der Waals surface area contributed by atoms with Crippen molar-refractivity contribution in [3.8, 4) is 11.5 Å². The van der Waals surface area contributed by atoms with Crippen LogP contribution in [0.5, 0.6) is 11.5 Å². The molecule has 0 radical (unpaired) electrons. The standard InChI is InChI=1S/C24H17ClN2O8/c1-33-20-10-13(5-7-18(20)34-12-16-6-8-19(35-16)23(30)31)9-17-21(28)26-24(32)27(22(17)29)15-4-2-3-14(25)11-15/h2-11H,12H2,1H3,(H,30,31)(H,26,28,32). The summed E-state index contributed by atoms with van der Waals surface area (Å²) >= 11 is 5.97. The average Bonchev–Trinajstić information content (AvgIpc) is 3.30. The van der Waals surface area contributed by atoms with Crippen molar-refractivity contribution in [1.82, 2.24) is 5.32 Å². The van der Waals surface area contributed by atoms with E-state index in [1.165, 1.54) is 43.5 Å². The molecule has 0 aliphatic carbocycles. The summed E-state index contributed by atoms with van der Waals surface area (Å²) < 4.78 is 16.1. The predicted molar refractivity (Wildman–Crippen MR) is 123 cm³/mol. The number of carboxylic acids is 1. The van der Waals surface area contributed by atoms with Gasteiger partial charge in [0.05, 0.1) is 12.8 Å². The normalized spacial score (nSPS) is 14.7. The van der Waals surface area contributed by atoms with E-state index in [4.69, 9.17) is 30.6 Å². The molecule has 1 aliphatic heterocycles. The van der Waals surface area contributed by atoms with Crippen molar-refractivity contribution in [2.75, 3.05) is 12.0 Å². The van der Waals surface area contributed by atoms with E-state index in [0.717, 1.165) is 4.90 Å². The summed E-state index contributed by atoms with van der Waals surface area (Å²) in [5.74, 6) is -2.15. The third kappa shape index (κ3) is 5.02. The number of barbiturate groups is 1. The number of carbonyl (C=O) groups is 4. The number of methoxy groups -OCH3 is 1. The maximum Gasteiger partial charge on any atom is 0.371 e. The number of nitrogens with zero attached hydrogens (tertiary/aromatic N) is 1. The Bertz CT molecular complexity index is 1380. The van der Waals surface area contributed by atoms with Crippen molar-refractivity contribution in [2.45, 2.75) is 6.61 Å². The zero-order chi connectivity index (χ0) is 25.1. The highest BCUT2D eigenvalue weighted by Crippen LogP contribution is 2.31. The Hall–Kier alpha value is -4.57. The molecule has 4 rings (SSSR count). The van der Waals surface area contributed by atoms with Gasteiger partial charge in [0.2, 0.25) is 5.76 Å². The number of furan rings is 1. The lowest BCUT2D eigenvalue weighted by Gasteiger charge is -2.26. The van der Waals surface area contributed by atoms with Crippen LogP contribution in [-0.2, 0) is 16.2 Å². The number of halogens is 1. The van der Waals surface area contributed by atoms with E-state index < -0.39 is 23.8 Å². The van der Waals surface area contributed by atoms with Crippen molar-refractivity contribution in [1.29, 1.82) is 0 Å². The molecule has 2 heterocycles. The van der Waals surface area contributed by atoms with Crippen LogP contribution < -0.4 is 19.7 Å². The van der Waals surface area contributed by atoms with Crippen LogP contribution in [0.15, 0.2) is 64.6 Å². The number of hydrogen-bond donors (Lipinski definition) is 2. The molecule has 1 saturated heterocycles. The minimum Gasteiger partial charge on any atom is -0.493 e. The molecule has 178 valence electrons. The average molecular weight is 497 g/mol. The summed E-state index contributed by atoms with van der Waals surface area (Å²) in [5.41, 5.74) is 0.375. The Morgan fingerprint density at radius 3 is 2.60 bits per heavy atom. The summed E-state index contributed by atoms with van der Waals surface area (Å²) in [6.45, 7) is -0.0539. The zero-order valence-corrected chi connectivity index (χ0v) is 18.9. The summed E-state index contributed by atoms with van der Waals surface area (Å²) in [6.07, 6.45) is 1.32. The van der Waals surface area contributed by atoms with Crippen LogP contribution in [0.2, 0.25) is 5.02 Å². The SMILES string of the molecule is COc1cc(C=C2C(=O)NC(=O)N(c3cccc(Cl)c3)C2=O)ccc1OCc1ccc(C(=O)O)o1. The van der Waals surface area contributed by atoms with Crippen molar-refractivity contribution in [2.24, 2.45) is 0 Å². The number of ether oxygens (including phenoxy) is 2. The van der Waals surface area contributed by atoms with Gasteiger partial charge < -0.3 is 19.0 Å². The molecule has 0 atom stereocenters. The van der Waals surface area contributed by atoms with E-state index >= 15 is 0 Å². The number of amides is 4. The van der Waals surface area contributed by atoms with Gasteiger partial charge in [0.1, 0.15) is 17.9 Å². The molecule has 35 heavy (non-hydrogen) atoms. The fourth-order valence-corrected chi connectivity index (χ4v) is 3.47. The van der Waals surface area contributed by atoms with Crippen molar-refractivity contribution >= 4 is 47.2 Å². The summed E-state index contributed by atoms with van der Waals surface area (Å²) in [6, 6.07) is 12.7. The Balaban J connectivity index is 1.57. The third-order valence-corrected chi connectivity index (χ3v) is 5.14. The highest BCUT2D eigenvalue weighted by molar-refractivity contribution is 6.39. The monoisotopic (exact) mass is 496 g/mol. The Labute approximate surface area is 203 Å². The Morgan fingerprint density at radius 2 is 1.91 bits per heavy atom. The Kier molecular flexibility index (Phi) is 6.56. The second kappa shape index (κ2) is 9.74. The van der Waals surface area contributed by atoms with Crippen LogP contribution in [0.25, 0.3) is 6.08 Å². The van der Waals surface area contributed by atoms with Gasteiger partial charge in [0, 0.05) is 5.02 Å². The molecule has 4 amide bonds. The predicted octanol–water partition coefficient (Wildman–Crippen LogP) is 3.89. The lowest BCUT2D eigenvalue weighted by Crippen LogP contribution is -2.54. The molecule has 2 N–H and O–H groups in total. The van der Waals surface area contributed by atoms with Crippen LogP contribution in [-0.4, -0.2) is 36.0 Å². The van der Waals surface area contributed by atoms with Gasteiger partial charge in [-0.1, -0.05) is 23.7 Å². The van der Waals surface area contributed by atoms with Gasteiger partial charge in [-0.3, -0.25) is 14.9 Å². The van der Waals surface area contributed by atoms with E-state index in [-0.39, 0.29) is 29.4 Å². The lowest BCUT2D eigenvalue weighted by atomic mass is 10.1. The minimum atomic E-state index is -1.19. The quantitative estimate of drug-likeness (QED) is 0.371. The fourth-order valence-electron chi connectivity index (χ4n) is 3.29. The highest BCUT2D eigenvalue weighted by atomic mass is 35.5. The van der Waals surface area contributed by atoms with Gasteiger partial charge in [-0.05, 0) is 54.1 Å². The van der Waals surface area contributed by atoms with Gasteiger partial charge in [-0.2, -0.15) is 0 Å². The first-order chi connectivity index (χ1) is 16.8. The van der Waals surface area contributed by atoms with Crippen molar-refractivity contribution < 1.29 is 38.2 Å². The third-order valence-electron chi connectivity index (χ3n) is 4.91. The molecule has 1 aliphatic rings. The van der Waals surface area contributed by atoms with Gasteiger partial charge in [0.25, 0.3) is 11.8 Å². The Morgan fingerprint density at radius 1 is 1.11 bits per heavy atom. The smallest absolute Gasteiger partial charge is 0.371 e. The number of anilines is 1. The lowest BCUT2D eigenvalue weighted by molar-refractivity contribution is -0.122. The zero-order valence-electron chi connectivity index (χ0n) is 18.1. The first-order valence-electron chi connectivity index (χ1n) is 10.1. The highest BCUT2D eigenvalue weighted by Gasteiger charge is 2.36. The van der Waals surface area contributed by atoms with Crippen LogP contribution in [0, 0.1) is 0 Å². The number of hydrogen-bond acceptors (Lipinski definition) is 7. The second-order valence-corrected chi connectivity index (χ2v) is 7.64. The second-order valence-electron chi connectivity index (χ2n) is 7.21. The molecule has 3 aromatic rings. The van der Waals surface area contributed by atoms with E-state index in [9.17, 15) is 19.2 Å². The topological polar surface area (TPSA) is 135 Å². The fraction of sp³-hybridized carbons (Fsp3) is 0.0833. The molecule has 10 nitrogen and oxygen atoms in total. The molecule has 2 aromatic carbocycles. The molecular weight excluding hydrogens is 480 g/mol. The summed E-state index contributed by atoms with van der Waals surface area (Å²) in [4.78, 5) is 49.5. The minimum absolute atomic E-state index is 0.0539. The first-order valence-corrected chi connectivity index (χ1v) is 10.4. The molecule has 1 aromatic heterocycles. The van der Waals surface area contributed by atoms with E-state index in [0.29, 0.717) is 22.1 Å². The van der Waals surface area contributed by atoms with E-state index in [1.807, 2.05) is 0 Å². The van der Waals surface area contributed by atoms with E-state index in [1.54, 1.807) is 24.3 Å². The van der Waals surface area contributed by atoms with Crippen LogP contribution in [0.1, 0.15) is 21.9 Å². The van der Waals surface area contributed by atoms with Gasteiger partial charge in [0.15, 0.2) is 11.5 Å². The number of carboxylic acid groups (broad SMARTS) is 1. The van der Waals surface area contributed by atoms with Gasteiger partial charge in [-0.25, -0.2) is 14.5 Å². The molecule has 0 bridgehead atoms. The number of rotatable bonds is 7. The number of nitrogens with one attached hydrogen (secondary N) is 1. The number of benzene rings is 2. The number of urea groups is 1. The summed E-state index contributed by atoms with van der Waals surface area (Å²) in [5, 5.41) is 11.4. The van der Waals surface area contributed by atoms with Crippen LogP contribution in [0.4, 0.5) is 10.5 Å². The number of carbonyl (C=O) groups excluding carboxylic acids is 3. The largest absolute Gasteiger partial charge is 0.493 e. The molecule has 0 spiro atoms. The molecule has 0 saturated carbocycles. The molecule has 0 unspecified atom stereocenters. The molecule has 1 fully saturated rings. The van der Waals surface area contributed by atoms with Crippen molar-refractivity contribution in [3.63, 3.8) is 0 Å². The molecular formula is C24H17ClN2O8. The number of aromatic carboxylic acids is 1. The molecule has 11 heteroatoms. The summed E-state index contributed by atoms with van der Waals surface area (Å²) in [7, 11) is 1.41. The number of imide groups is 2. The maximum absolute atomic E-state index is 13.0. The van der Waals surface area contributed by atoms with Crippen LogP contribution in [0.3, 0.4) is 0 Å². The van der Waals surface area contributed by atoms with Crippen LogP contribution >= 0.6 is 11.6 Å². The van der Waals surface area contributed by atoms with Gasteiger partial charge in [-0.15, -0.1) is 0 Å². The maximum atomic E-state index is 13.0. The van der Waals surface area contributed by atoms with E-state index in [2.05, 4.69) is 5.32 Å².